The van der Waals surface area contributed by atoms with Crippen LogP contribution in [-0.2, 0) is 25.5 Å². The second-order valence-corrected chi connectivity index (χ2v) is 6.72. The minimum Gasteiger partial charge on any atom is -0.496 e. The number of para-hydroxylation sites is 1. The SMILES string of the molecule is COC(=O)C1(c2cc(C)ccc2OC)CC(O)(c2ccccc2OC)CO1. The van der Waals surface area contributed by atoms with Gasteiger partial charge in [-0.05, 0) is 25.1 Å². The summed E-state index contributed by atoms with van der Waals surface area (Å²) in [6.07, 6.45) is -0.0210. The molecule has 2 aromatic carbocycles. The molecule has 3 rings (SSSR count). The molecule has 0 bridgehead atoms. The Balaban J connectivity index is 2.14. The molecule has 27 heavy (non-hydrogen) atoms. The van der Waals surface area contributed by atoms with Crippen molar-refractivity contribution in [3.8, 4) is 11.5 Å². The highest BCUT2D eigenvalue weighted by atomic mass is 16.6. The van der Waals surface area contributed by atoms with E-state index in [0.717, 1.165) is 5.56 Å². The van der Waals surface area contributed by atoms with E-state index in [9.17, 15) is 9.90 Å². The molecule has 1 aliphatic heterocycles. The molecule has 2 atom stereocenters. The van der Waals surface area contributed by atoms with Crippen LogP contribution in [0.15, 0.2) is 42.5 Å². The van der Waals surface area contributed by atoms with Crippen molar-refractivity contribution in [3.63, 3.8) is 0 Å². The van der Waals surface area contributed by atoms with E-state index in [-0.39, 0.29) is 13.0 Å². The lowest BCUT2D eigenvalue weighted by Gasteiger charge is -2.29. The first kappa shape index (κ1) is 19.2. The molecule has 6 heteroatoms. The summed E-state index contributed by atoms with van der Waals surface area (Å²) in [5.74, 6) is 0.438. The molecule has 2 unspecified atom stereocenters. The fraction of sp³-hybridized carbons (Fsp3) is 0.381. The van der Waals surface area contributed by atoms with Crippen molar-refractivity contribution in [1.29, 1.82) is 0 Å². The molecule has 0 saturated carbocycles. The second kappa shape index (κ2) is 7.21. The van der Waals surface area contributed by atoms with E-state index in [4.69, 9.17) is 18.9 Å². The third kappa shape index (κ3) is 3.15. The quantitative estimate of drug-likeness (QED) is 0.814. The standard InChI is InChI=1S/C21H24O6/c1-14-9-10-18(25-3)16(11-14)21(19(22)26-4)12-20(23,13-27-21)15-7-5-6-8-17(15)24-2/h5-11,23H,12-13H2,1-4H3. The zero-order chi connectivity index (χ0) is 19.7. The minimum absolute atomic E-state index is 0.0210. The molecule has 2 aromatic rings. The van der Waals surface area contributed by atoms with Crippen molar-refractivity contribution < 1.29 is 28.8 Å². The summed E-state index contributed by atoms with van der Waals surface area (Å²) in [4.78, 5) is 12.8. The number of aryl methyl sites for hydroxylation is 1. The van der Waals surface area contributed by atoms with Gasteiger partial charge in [-0.25, -0.2) is 4.79 Å². The van der Waals surface area contributed by atoms with Gasteiger partial charge in [0.1, 0.15) is 17.1 Å². The van der Waals surface area contributed by atoms with Gasteiger partial charge in [0.15, 0.2) is 5.60 Å². The Bertz CT molecular complexity index is 848. The average Bonchev–Trinajstić information content (AvgIpc) is 3.07. The third-order valence-corrected chi connectivity index (χ3v) is 5.01. The van der Waals surface area contributed by atoms with Crippen LogP contribution in [0.1, 0.15) is 23.1 Å². The fourth-order valence-corrected chi connectivity index (χ4v) is 3.67. The molecule has 0 spiro atoms. The number of benzene rings is 2. The first-order chi connectivity index (χ1) is 12.9. The van der Waals surface area contributed by atoms with Crippen molar-refractivity contribution in [2.45, 2.75) is 24.5 Å². The lowest BCUT2D eigenvalue weighted by atomic mass is 9.80. The van der Waals surface area contributed by atoms with Crippen LogP contribution in [0.25, 0.3) is 0 Å². The topological polar surface area (TPSA) is 74.2 Å². The molecule has 1 aliphatic rings. The van der Waals surface area contributed by atoms with E-state index in [2.05, 4.69) is 0 Å². The first-order valence-corrected chi connectivity index (χ1v) is 8.63. The van der Waals surface area contributed by atoms with E-state index in [1.165, 1.54) is 21.3 Å². The van der Waals surface area contributed by atoms with Gasteiger partial charge in [-0.2, -0.15) is 0 Å². The number of esters is 1. The molecule has 0 aliphatic carbocycles. The van der Waals surface area contributed by atoms with Crippen LogP contribution in [0.3, 0.4) is 0 Å². The number of carbonyl (C=O) groups is 1. The molecule has 1 saturated heterocycles. The van der Waals surface area contributed by atoms with Crippen LogP contribution in [0.4, 0.5) is 0 Å². The summed E-state index contributed by atoms with van der Waals surface area (Å²) in [7, 11) is 4.37. The molecular formula is C21H24O6. The van der Waals surface area contributed by atoms with Crippen molar-refractivity contribution >= 4 is 5.97 Å². The van der Waals surface area contributed by atoms with Gasteiger partial charge in [-0.15, -0.1) is 0 Å². The van der Waals surface area contributed by atoms with Crippen LogP contribution in [0.5, 0.6) is 11.5 Å². The maximum Gasteiger partial charge on any atom is 0.343 e. The Labute approximate surface area is 158 Å². The maximum atomic E-state index is 12.8. The Hall–Kier alpha value is -2.57. The Morgan fingerprint density at radius 3 is 2.37 bits per heavy atom. The molecule has 1 fully saturated rings. The van der Waals surface area contributed by atoms with Gasteiger partial charge in [-0.1, -0.05) is 29.8 Å². The number of ether oxygens (including phenoxy) is 4. The van der Waals surface area contributed by atoms with Crippen LogP contribution in [0, 0.1) is 6.92 Å². The normalized spacial score (nSPS) is 24.5. The lowest BCUT2D eigenvalue weighted by molar-refractivity contribution is -0.165. The summed E-state index contributed by atoms with van der Waals surface area (Å²) in [5.41, 5.74) is -0.880. The number of carbonyl (C=O) groups excluding carboxylic acids is 1. The van der Waals surface area contributed by atoms with Crippen LogP contribution in [-0.4, -0.2) is 39.0 Å². The van der Waals surface area contributed by atoms with Crippen molar-refractivity contribution in [1.82, 2.24) is 0 Å². The van der Waals surface area contributed by atoms with Gasteiger partial charge >= 0.3 is 5.97 Å². The van der Waals surface area contributed by atoms with E-state index in [1.807, 2.05) is 25.1 Å². The highest BCUT2D eigenvalue weighted by Crippen LogP contribution is 2.50. The summed E-state index contributed by atoms with van der Waals surface area (Å²) < 4.78 is 21.9. The zero-order valence-electron chi connectivity index (χ0n) is 15.9. The average molecular weight is 372 g/mol. The van der Waals surface area contributed by atoms with Crippen molar-refractivity contribution in [2.24, 2.45) is 0 Å². The van der Waals surface area contributed by atoms with Gasteiger partial charge in [0.05, 0.1) is 27.9 Å². The Morgan fingerprint density at radius 1 is 1.04 bits per heavy atom. The van der Waals surface area contributed by atoms with Gasteiger partial charge < -0.3 is 24.1 Å². The number of methoxy groups -OCH3 is 3. The summed E-state index contributed by atoms with van der Waals surface area (Å²) in [6, 6.07) is 12.6. The van der Waals surface area contributed by atoms with Gasteiger partial charge in [-0.3, -0.25) is 0 Å². The van der Waals surface area contributed by atoms with E-state index in [0.29, 0.717) is 22.6 Å². The Kier molecular flexibility index (Phi) is 5.13. The largest absolute Gasteiger partial charge is 0.496 e. The van der Waals surface area contributed by atoms with Crippen molar-refractivity contribution in [2.75, 3.05) is 27.9 Å². The molecule has 0 aromatic heterocycles. The molecule has 1 heterocycles. The Morgan fingerprint density at radius 2 is 1.70 bits per heavy atom. The molecule has 6 nitrogen and oxygen atoms in total. The fourth-order valence-electron chi connectivity index (χ4n) is 3.67. The zero-order valence-corrected chi connectivity index (χ0v) is 15.9. The van der Waals surface area contributed by atoms with Gasteiger partial charge in [0, 0.05) is 17.5 Å². The van der Waals surface area contributed by atoms with E-state index < -0.39 is 17.2 Å². The predicted octanol–water partition coefficient (Wildman–Crippen LogP) is 2.69. The number of rotatable bonds is 5. The summed E-state index contributed by atoms with van der Waals surface area (Å²) >= 11 is 0. The van der Waals surface area contributed by atoms with Gasteiger partial charge in [0.25, 0.3) is 0 Å². The number of hydrogen-bond acceptors (Lipinski definition) is 6. The monoisotopic (exact) mass is 372 g/mol. The van der Waals surface area contributed by atoms with E-state index in [1.54, 1.807) is 24.3 Å². The summed E-state index contributed by atoms with van der Waals surface area (Å²) in [6.45, 7) is 1.83. The molecular weight excluding hydrogens is 348 g/mol. The van der Waals surface area contributed by atoms with Crippen LogP contribution < -0.4 is 9.47 Å². The summed E-state index contributed by atoms with van der Waals surface area (Å²) in [5, 5.41) is 11.4. The minimum atomic E-state index is -1.48. The number of hydrogen-bond donors (Lipinski definition) is 1. The highest BCUT2D eigenvalue weighted by molar-refractivity contribution is 5.83. The second-order valence-electron chi connectivity index (χ2n) is 6.72. The van der Waals surface area contributed by atoms with Crippen LogP contribution in [0.2, 0.25) is 0 Å². The first-order valence-electron chi connectivity index (χ1n) is 8.63. The molecule has 0 radical (unpaired) electrons. The highest BCUT2D eigenvalue weighted by Gasteiger charge is 2.58. The predicted molar refractivity (Wildman–Crippen MR) is 98.9 cm³/mol. The van der Waals surface area contributed by atoms with Crippen LogP contribution >= 0.6 is 0 Å². The van der Waals surface area contributed by atoms with Gasteiger partial charge in [0.2, 0.25) is 0 Å². The molecule has 1 N–H and O–H groups in total. The third-order valence-electron chi connectivity index (χ3n) is 5.01. The molecule has 0 amide bonds. The molecule has 144 valence electrons. The van der Waals surface area contributed by atoms with Crippen molar-refractivity contribution in [3.05, 3.63) is 59.2 Å². The smallest absolute Gasteiger partial charge is 0.343 e. The van der Waals surface area contributed by atoms with E-state index >= 15 is 0 Å². The maximum absolute atomic E-state index is 12.8. The lowest BCUT2D eigenvalue weighted by Crippen LogP contribution is -2.38. The number of aliphatic hydroxyl groups is 1.